The number of likely N-dealkylation sites (tertiary alicyclic amines) is 1. The van der Waals surface area contributed by atoms with Crippen molar-refractivity contribution in [3.05, 3.63) is 0 Å². The number of unbranched alkanes of at least 4 members (excludes halogenated alkanes) is 2. The van der Waals surface area contributed by atoms with Gasteiger partial charge in [-0.15, -0.1) is 0 Å². The molecule has 1 saturated heterocycles. The van der Waals surface area contributed by atoms with Crippen molar-refractivity contribution in [3.8, 4) is 0 Å². The van der Waals surface area contributed by atoms with Crippen LogP contribution in [0.3, 0.4) is 0 Å². The summed E-state index contributed by atoms with van der Waals surface area (Å²) in [5, 5.41) is 9.18. The molecule has 0 aromatic rings. The van der Waals surface area contributed by atoms with Gasteiger partial charge in [0, 0.05) is 5.54 Å². The molecule has 1 heterocycles. The number of carbonyl (C=O) groups is 1. The van der Waals surface area contributed by atoms with E-state index in [-0.39, 0.29) is 12.0 Å². The molecule has 0 aliphatic carbocycles. The standard InChI is InChI=1S/C15H29NO2/c1-3-4-7-10-15(2,13-14(17)18)16-11-8-5-6-9-12-16/h3-13H2,1-2H3,(H,17,18). The van der Waals surface area contributed by atoms with Gasteiger partial charge in [0.25, 0.3) is 0 Å². The van der Waals surface area contributed by atoms with Crippen LogP contribution in [0.2, 0.25) is 0 Å². The van der Waals surface area contributed by atoms with Crippen LogP contribution in [0.15, 0.2) is 0 Å². The molecule has 0 bridgehead atoms. The molecule has 1 aliphatic rings. The molecule has 1 aliphatic heterocycles. The van der Waals surface area contributed by atoms with E-state index in [0.717, 1.165) is 25.9 Å². The molecule has 0 amide bonds. The fourth-order valence-corrected chi connectivity index (χ4v) is 3.05. The quantitative estimate of drug-likeness (QED) is 0.706. The summed E-state index contributed by atoms with van der Waals surface area (Å²) in [6, 6.07) is 0. The summed E-state index contributed by atoms with van der Waals surface area (Å²) in [6.45, 7) is 6.51. The molecular formula is C15H29NO2. The van der Waals surface area contributed by atoms with E-state index in [0.29, 0.717) is 0 Å². The Kier molecular flexibility index (Phi) is 6.69. The van der Waals surface area contributed by atoms with Crippen LogP contribution in [-0.2, 0) is 4.79 Å². The second kappa shape index (κ2) is 7.78. The van der Waals surface area contributed by atoms with Crippen LogP contribution in [-0.4, -0.2) is 34.6 Å². The second-order valence-corrected chi connectivity index (χ2v) is 5.93. The fraction of sp³-hybridized carbons (Fsp3) is 0.933. The van der Waals surface area contributed by atoms with Gasteiger partial charge in [-0.2, -0.15) is 0 Å². The van der Waals surface area contributed by atoms with Gasteiger partial charge < -0.3 is 5.11 Å². The van der Waals surface area contributed by atoms with E-state index < -0.39 is 5.97 Å². The first-order chi connectivity index (χ1) is 8.58. The minimum Gasteiger partial charge on any atom is -0.481 e. The maximum Gasteiger partial charge on any atom is 0.305 e. The van der Waals surface area contributed by atoms with Crippen LogP contribution in [0.5, 0.6) is 0 Å². The minimum atomic E-state index is -0.654. The lowest BCUT2D eigenvalue weighted by Gasteiger charge is -2.40. The van der Waals surface area contributed by atoms with E-state index in [4.69, 9.17) is 0 Å². The molecule has 3 nitrogen and oxygen atoms in total. The lowest BCUT2D eigenvalue weighted by atomic mass is 9.88. The average molecular weight is 255 g/mol. The van der Waals surface area contributed by atoms with Gasteiger partial charge in [-0.3, -0.25) is 9.69 Å². The molecule has 1 N–H and O–H groups in total. The summed E-state index contributed by atoms with van der Waals surface area (Å²) in [5.41, 5.74) is -0.134. The van der Waals surface area contributed by atoms with Gasteiger partial charge in [-0.05, 0) is 39.3 Å². The summed E-state index contributed by atoms with van der Waals surface area (Å²) in [5.74, 6) is -0.654. The first-order valence-electron chi connectivity index (χ1n) is 7.55. The third-order valence-electron chi connectivity index (χ3n) is 4.22. The van der Waals surface area contributed by atoms with Gasteiger partial charge in [0.05, 0.1) is 6.42 Å². The zero-order valence-electron chi connectivity index (χ0n) is 12.1. The van der Waals surface area contributed by atoms with E-state index in [2.05, 4.69) is 18.7 Å². The van der Waals surface area contributed by atoms with Crippen LogP contribution in [0, 0.1) is 0 Å². The largest absolute Gasteiger partial charge is 0.481 e. The third-order valence-corrected chi connectivity index (χ3v) is 4.22. The van der Waals surface area contributed by atoms with Crippen LogP contribution >= 0.6 is 0 Å². The van der Waals surface area contributed by atoms with Crippen LogP contribution in [0.1, 0.15) is 71.6 Å². The number of aliphatic carboxylic acids is 1. The first-order valence-corrected chi connectivity index (χ1v) is 7.55. The monoisotopic (exact) mass is 255 g/mol. The minimum absolute atomic E-state index is 0.134. The molecule has 0 spiro atoms. The molecule has 1 atom stereocenters. The van der Waals surface area contributed by atoms with Crippen molar-refractivity contribution >= 4 is 5.97 Å². The van der Waals surface area contributed by atoms with Crippen molar-refractivity contribution in [1.29, 1.82) is 0 Å². The number of hydrogen-bond donors (Lipinski definition) is 1. The number of carboxylic acid groups (broad SMARTS) is 1. The zero-order valence-corrected chi connectivity index (χ0v) is 12.1. The lowest BCUT2D eigenvalue weighted by Crippen LogP contribution is -2.48. The van der Waals surface area contributed by atoms with Gasteiger partial charge >= 0.3 is 5.97 Å². The maximum absolute atomic E-state index is 11.1. The van der Waals surface area contributed by atoms with Crippen molar-refractivity contribution < 1.29 is 9.90 Å². The topological polar surface area (TPSA) is 40.5 Å². The Morgan fingerprint density at radius 2 is 1.78 bits per heavy atom. The maximum atomic E-state index is 11.1. The van der Waals surface area contributed by atoms with Crippen molar-refractivity contribution in [2.45, 2.75) is 77.2 Å². The van der Waals surface area contributed by atoms with Gasteiger partial charge in [0.2, 0.25) is 0 Å². The highest BCUT2D eigenvalue weighted by Gasteiger charge is 2.33. The Bertz CT molecular complexity index is 247. The summed E-state index contributed by atoms with van der Waals surface area (Å²) >= 11 is 0. The van der Waals surface area contributed by atoms with Crippen molar-refractivity contribution in [2.75, 3.05) is 13.1 Å². The molecular weight excluding hydrogens is 226 g/mol. The van der Waals surface area contributed by atoms with Crippen LogP contribution in [0.4, 0.5) is 0 Å². The highest BCUT2D eigenvalue weighted by atomic mass is 16.4. The molecule has 0 aromatic heterocycles. The SMILES string of the molecule is CCCCCC(C)(CC(=O)O)N1CCCCCC1. The third kappa shape index (κ3) is 4.97. The molecule has 0 aromatic carbocycles. The van der Waals surface area contributed by atoms with Gasteiger partial charge in [0.1, 0.15) is 0 Å². The van der Waals surface area contributed by atoms with E-state index in [1.165, 1.54) is 38.5 Å². The van der Waals surface area contributed by atoms with Crippen LogP contribution < -0.4 is 0 Å². The molecule has 0 radical (unpaired) electrons. The number of nitrogens with zero attached hydrogens (tertiary/aromatic N) is 1. The molecule has 1 unspecified atom stereocenters. The molecule has 1 fully saturated rings. The van der Waals surface area contributed by atoms with Crippen molar-refractivity contribution in [1.82, 2.24) is 4.90 Å². The lowest BCUT2D eigenvalue weighted by molar-refractivity contribution is -0.140. The predicted molar refractivity (Wildman–Crippen MR) is 74.8 cm³/mol. The van der Waals surface area contributed by atoms with Crippen molar-refractivity contribution in [2.24, 2.45) is 0 Å². The average Bonchev–Trinajstić information content (AvgIpc) is 2.57. The highest BCUT2D eigenvalue weighted by Crippen LogP contribution is 2.29. The molecule has 18 heavy (non-hydrogen) atoms. The molecule has 1 rings (SSSR count). The molecule has 3 heteroatoms. The second-order valence-electron chi connectivity index (χ2n) is 5.93. The van der Waals surface area contributed by atoms with Gasteiger partial charge in [0.15, 0.2) is 0 Å². The molecule has 0 saturated carbocycles. The number of carboxylic acids is 1. The summed E-state index contributed by atoms with van der Waals surface area (Å²) in [7, 11) is 0. The number of rotatable bonds is 7. The van der Waals surface area contributed by atoms with E-state index in [1.807, 2.05) is 0 Å². The summed E-state index contributed by atoms with van der Waals surface area (Å²) in [6.07, 6.45) is 9.92. The van der Waals surface area contributed by atoms with E-state index in [1.54, 1.807) is 0 Å². The van der Waals surface area contributed by atoms with Crippen molar-refractivity contribution in [3.63, 3.8) is 0 Å². The highest BCUT2D eigenvalue weighted by molar-refractivity contribution is 5.68. The van der Waals surface area contributed by atoms with Crippen LogP contribution in [0.25, 0.3) is 0 Å². The Balaban J connectivity index is 2.63. The Hall–Kier alpha value is -0.570. The van der Waals surface area contributed by atoms with E-state index >= 15 is 0 Å². The normalized spacial score (nSPS) is 21.2. The van der Waals surface area contributed by atoms with E-state index in [9.17, 15) is 9.90 Å². The predicted octanol–water partition coefficient (Wildman–Crippen LogP) is 3.68. The smallest absolute Gasteiger partial charge is 0.305 e. The number of hydrogen-bond acceptors (Lipinski definition) is 2. The fourth-order valence-electron chi connectivity index (χ4n) is 3.05. The van der Waals surface area contributed by atoms with Gasteiger partial charge in [-0.1, -0.05) is 39.0 Å². The molecule has 106 valence electrons. The first kappa shape index (κ1) is 15.5. The zero-order chi connectivity index (χ0) is 13.4. The Morgan fingerprint density at radius 3 is 2.28 bits per heavy atom. The summed E-state index contributed by atoms with van der Waals surface area (Å²) in [4.78, 5) is 13.6. The van der Waals surface area contributed by atoms with Gasteiger partial charge in [-0.25, -0.2) is 0 Å². The Morgan fingerprint density at radius 1 is 1.17 bits per heavy atom. The summed E-state index contributed by atoms with van der Waals surface area (Å²) < 4.78 is 0. The Labute approximate surface area is 112 Å².